The summed E-state index contributed by atoms with van der Waals surface area (Å²) < 4.78 is 0. The van der Waals surface area contributed by atoms with Gasteiger partial charge in [0, 0.05) is 11.6 Å². The number of hydrogen-bond donors (Lipinski definition) is 1. The second-order valence-electron chi connectivity index (χ2n) is 6.10. The van der Waals surface area contributed by atoms with E-state index in [1.165, 1.54) is 38.5 Å². The Labute approximate surface area is 108 Å². The Balaban J connectivity index is 2.86. The van der Waals surface area contributed by atoms with Gasteiger partial charge in [0.15, 0.2) is 0 Å². The van der Waals surface area contributed by atoms with Gasteiger partial charge < -0.3 is 10.2 Å². The summed E-state index contributed by atoms with van der Waals surface area (Å²) in [5.41, 5.74) is 0.393. The lowest BCUT2D eigenvalue weighted by molar-refractivity contribution is 0.0346. The molecule has 2 nitrogen and oxygen atoms in total. The van der Waals surface area contributed by atoms with Crippen LogP contribution in [-0.2, 0) is 0 Å². The highest BCUT2D eigenvalue weighted by atomic mass is 15.2. The van der Waals surface area contributed by atoms with Crippen LogP contribution in [0.5, 0.6) is 0 Å². The van der Waals surface area contributed by atoms with Gasteiger partial charge in [-0.1, -0.05) is 40.0 Å². The van der Waals surface area contributed by atoms with Crippen molar-refractivity contribution in [3.8, 4) is 0 Å². The predicted molar refractivity (Wildman–Crippen MR) is 76.4 cm³/mol. The van der Waals surface area contributed by atoms with Crippen LogP contribution in [-0.4, -0.2) is 37.1 Å². The third kappa shape index (κ3) is 3.45. The average molecular weight is 240 g/mol. The van der Waals surface area contributed by atoms with Crippen LogP contribution in [0.4, 0.5) is 0 Å². The highest BCUT2D eigenvalue weighted by Gasteiger charge is 2.42. The maximum Gasteiger partial charge on any atom is 0.0358 e. The fourth-order valence-corrected chi connectivity index (χ4v) is 3.69. The molecule has 1 saturated carbocycles. The lowest BCUT2D eigenvalue weighted by Gasteiger charge is -2.50. The summed E-state index contributed by atoms with van der Waals surface area (Å²) >= 11 is 0. The first-order valence-corrected chi connectivity index (χ1v) is 7.47. The Hall–Kier alpha value is -0.0800. The summed E-state index contributed by atoms with van der Waals surface area (Å²) in [6.45, 7) is 8.05. The van der Waals surface area contributed by atoms with Gasteiger partial charge in [0.1, 0.15) is 0 Å². The summed E-state index contributed by atoms with van der Waals surface area (Å²) in [5, 5.41) is 3.75. The molecule has 0 heterocycles. The first kappa shape index (κ1) is 15.0. The normalized spacial score (nSPS) is 31.8. The molecule has 0 aromatic carbocycles. The maximum atomic E-state index is 3.75. The molecule has 17 heavy (non-hydrogen) atoms. The zero-order valence-electron chi connectivity index (χ0n) is 12.6. The standard InChI is InChI=1S/C15H32N2/c1-6-9-14(16-7-2)15(17(4)5)11-8-10-13(3)12-15/h13-14,16H,6-12H2,1-5H3. The molecule has 0 aromatic heterocycles. The fourth-order valence-electron chi connectivity index (χ4n) is 3.69. The minimum Gasteiger partial charge on any atom is -0.312 e. The lowest BCUT2D eigenvalue weighted by atomic mass is 9.70. The van der Waals surface area contributed by atoms with Crippen molar-refractivity contribution in [2.24, 2.45) is 5.92 Å². The quantitative estimate of drug-likeness (QED) is 0.766. The average Bonchev–Trinajstić information content (AvgIpc) is 2.28. The Morgan fingerprint density at radius 1 is 1.35 bits per heavy atom. The number of rotatable bonds is 6. The van der Waals surface area contributed by atoms with E-state index < -0.39 is 0 Å². The Morgan fingerprint density at radius 3 is 2.53 bits per heavy atom. The van der Waals surface area contributed by atoms with E-state index in [1.807, 2.05) is 0 Å². The molecular formula is C15H32N2. The largest absolute Gasteiger partial charge is 0.312 e. The van der Waals surface area contributed by atoms with E-state index in [-0.39, 0.29) is 0 Å². The number of hydrogen-bond acceptors (Lipinski definition) is 2. The second-order valence-corrected chi connectivity index (χ2v) is 6.10. The number of nitrogens with zero attached hydrogens (tertiary/aromatic N) is 1. The SMILES string of the molecule is CCCC(NCC)C1(N(C)C)CCCC(C)C1. The molecule has 1 aliphatic rings. The molecule has 0 bridgehead atoms. The highest BCUT2D eigenvalue weighted by molar-refractivity contribution is 5.01. The molecule has 0 amide bonds. The summed E-state index contributed by atoms with van der Waals surface area (Å²) in [4.78, 5) is 2.51. The van der Waals surface area contributed by atoms with E-state index in [1.54, 1.807) is 0 Å². The molecule has 0 aromatic rings. The van der Waals surface area contributed by atoms with Gasteiger partial charge in [0.2, 0.25) is 0 Å². The zero-order valence-corrected chi connectivity index (χ0v) is 12.6. The van der Waals surface area contributed by atoms with Crippen LogP contribution in [0.15, 0.2) is 0 Å². The molecule has 0 spiro atoms. The monoisotopic (exact) mass is 240 g/mol. The molecular weight excluding hydrogens is 208 g/mol. The van der Waals surface area contributed by atoms with Gasteiger partial charge >= 0.3 is 0 Å². The van der Waals surface area contributed by atoms with E-state index in [4.69, 9.17) is 0 Å². The van der Waals surface area contributed by atoms with Gasteiger partial charge in [-0.2, -0.15) is 0 Å². The van der Waals surface area contributed by atoms with Gasteiger partial charge in [-0.25, -0.2) is 0 Å². The molecule has 1 N–H and O–H groups in total. The van der Waals surface area contributed by atoms with Crippen molar-refractivity contribution in [2.45, 2.75) is 70.9 Å². The second kappa shape index (κ2) is 6.75. The minimum atomic E-state index is 0.393. The van der Waals surface area contributed by atoms with E-state index >= 15 is 0 Å². The van der Waals surface area contributed by atoms with E-state index in [0.29, 0.717) is 11.6 Å². The first-order chi connectivity index (χ1) is 8.06. The van der Waals surface area contributed by atoms with Crippen molar-refractivity contribution in [1.82, 2.24) is 10.2 Å². The van der Waals surface area contributed by atoms with Crippen molar-refractivity contribution < 1.29 is 0 Å². The van der Waals surface area contributed by atoms with Crippen molar-refractivity contribution in [1.29, 1.82) is 0 Å². The van der Waals surface area contributed by atoms with Gasteiger partial charge in [0.05, 0.1) is 0 Å². The van der Waals surface area contributed by atoms with Crippen LogP contribution < -0.4 is 5.32 Å². The molecule has 1 fully saturated rings. The summed E-state index contributed by atoms with van der Waals surface area (Å²) in [7, 11) is 4.55. The van der Waals surface area contributed by atoms with Crippen molar-refractivity contribution >= 4 is 0 Å². The first-order valence-electron chi connectivity index (χ1n) is 7.47. The van der Waals surface area contributed by atoms with E-state index in [2.05, 4.69) is 45.1 Å². The molecule has 1 rings (SSSR count). The van der Waals surface area contributed by atoms with Crippen molar-refractivity contribution in [2.75, 3.05) is 20.6 Å². The molecule has 102 valence electrons. The van der Waals surface area contributed by atoms with Crippen molar-refractivity contribution in [3.05, 3.63) is 0 Å². The van der Waals surface area contributed by atoms with Gasteiger partial charge in [-0.3, -0.25) is 0 Å². The molecule has 3 unspecified atom stereocenters. The smallest absolute Gasteiger partial charge is 0.0358 e. The van der Waals surface area contributed by atoms with Gasteiger partial charge in [0.25, 0.3) is 0 Å². The number of likely N-dealkylation sites (N-methyl/N-ethyl adjacent to an activating group) is 2. The number of nitrogens with one attached hydrogen (secondary N) is 1. The van der Waals surface area contributed by atoms with Crippen molar-refractivity contribution in [3.63, 3.8) is 0 Å². The maximum absolute atomic E-state index is 3.75. The van der Waals surface area contributed by atoms with E-state index in [9.17, 15) is 0 Å². The third-order valence-corrected chi connectivity index (χ3v) is 4.58. The Kier molecular flexibility index (Phi) is 5.94. The van der Waals surface area contributed by atoms with Gasteiger partial charge in [-0.05, 0) is 45.8 Å². The molecule has 3 atom stereocenters. The zero-order chi connectivity index (χ0) is 12.9. The minimum absolute atomic E-state index is 0.393. The van der Waals surface area contributed by atoms with Crippen LogP contribution >= 0.6 is 0 Å². The van der Waals surface area contributed by atoms with Crippen LogP contribution in [0.1, 0.15) is 59.3 Å². The van der Waals surface area contributed by atoms with Crippen LogP contribution in [0.25, 0.3) is 0 Å². The topological polar surface area (TPSA) is 15.3 Å². The predicted octanol–water partition coefficient (Wildman–Crippen LogP) is 3.28. The molecule has 0 aliphatic heterocycles. The van der Waals surface area contributed by atoms with E-state index in [0.717, 1.165) is 12.5 Å². The summed E-state index contributed by atoms with van der Waals surface area (Å²) in [6.07, 6.45) is 8.12. The molecule has 0 radical (unpaired) electrons. The third-order valence-electron chi connectivity index (χ3n) is 4.58. The van der Waals surface area contributed by atoms with Crippen LogP contribution in [0.2, 0.25) is 0 Å². The van der Waals surface area contributed by atoms with Crippen LogP contribution in [0.3, 0.4) is 0 Å². The molecule has 1 aliphatic carbocycles. The summed E-state index contributed by atoms with van der Waals surface area (Å²) in [5.74, 6) is 0.879. The summed E-state index contributed by atoms with van der Waals surface area (Å²) in [6, 6.07) is 0.662. The molecule has 2 heteroatoms. The van der Waals surface area contributed by atoms with Gasteiger partial charge in [-0.15, -0.1) is 0 Å². The molecule has 0 saturated heterocycles. The Bertz CT molecular complexity index is 209. The lowest BCUT2D eigenvalue weighted by Crippen LogP contribution is -2.60. The highest BCUT2D eigenvalue weighted by Crippen LogP contribution is 2.39. The Morgan fingerprint density at radius 2 is 2.06 bits per heavy atom. The van der Waals surface area contributed by atoms with Crippen LogP contribution in [0, 0.1) is 5.92 Å². The fraction of sp³-hybridized carbons (Fsp3) is 1.00.